The fraction of sp³-hybridized carbons (Fsp3) is 0.348. The van der Waals surface area contributed by atoms with E-state index in [1.54, 1.807) is 19.2 Å². The molecular weight excluding hydrogens is 425 g/mol. The molecule has 2 aromatic carbocycles. The van der Waals surface area contributed by atoms with Crippen molar-refractivity contribution in [3.8, 4) is 17.4 Å². The monoisotopic (exact) mass is 451 g/mol. The molecule has 0 unspecified atom stereocenters. The van der Waals surface area contributed by atoms with Gasteiger partial charge in [-0.15, -0.1) is 5.10 Å². The SMILES string of the molecule is COc1ccc(Cn2nnc(C(=O)O)c2Oc2ccc(B3OC(C)(C)C(C)(C)O3)cc2)cc1. The molecule has 10 heteroatoms. The van der Waals surface area contributed by atoms with Crippen LogP contribution >= 0.6 is 0 Å². The van der Waals surface area contributed by atoms with Gasteiger partial charge in [-0.05, 0) is 63.0 Å². The minimum Gasteiger partial charge on any atom is -0.497 e. The Labute approximate surface area is 192 Å². The number of benzene rings is 2. The molecule has 1 aromatic heterocycles. The van der Waals surface area contributed by atoms with Gasteiger partial charge in [0.1, 0.15) is 11.5 Å². The van der Waals surface area contributed by atoms with E-state index in [-0.39, 0.29) is 18.1 Å². The van der Waals surface area contributed by atoms with Crippen molar-refractivity contribution in [1.82, 2.24) is 15.0 Å². The number of aromatic carboxylic acids is 1. The van der Waals surface area contributed by atoms with Crippen molar-refractivity contribution < 1.29 is 28.7 Å². The Kier molecular flexibility index (Phi) is 5.90. The maximum Gasteiger partial charge on any atom is 0.494 e. The van der Waals surface area contributed by atoms with E-state index in [4.69, 9.17) is 18.8 Å². The van der Waals surface area contributed by atoms with Gasteiger partial charge >= 0.3 is 13.1 Å². The Morgan fingerprint density at radius 3 is 2.12 bits per heavy atom. The molecule has 4 rings (SSSR count). The maximum atomic E-state index is 11.7. The smallest absolute Gasteiger partial charge is 0.494 e. The van der Waals surface area contributed by atoms with Crippen molar-refractivity contribution in [2.24, 2.45) is 0 Å². The first-order valence-electron chi connectivity index (χ1n) is 10.5. The summed E-state index contributed by atoms with van der Waals surface area (Å²) in [5.41, 5.74) is 0.576. The number of aromatic nitrogens is 3. The van der Waals surface area contributed by atoms with Crippen LogP contribution in [0.15, 0.2) is 48.5 Å². The summed E-state index contributed by atoms with van der Waals surface area (Å²) in [6, 6.07) is 14.5. The van der Waals surface area contributed by atoms with Crippen LogP contribution in [-0.4, -0.2) is 51.5 Å². The predicted molar refractivity (Wildman–Crippen MR) is 121 cm³/mol. The molecule has 1 aliphatic rings. The summed E-state index contributed by atoms with van der Waals surface area (Å²) in [4.78, 5) is 11.7. The highest BCUT2D eigenvalue weighted by molar-refractivity contribution is 6.62. The van der Waals surface area contributed by atoms with Gasteiger partial charge in [-0.3, -0.25) is 0 Å². The molecule has 1 fully saturated rings. The Hall–Kier alpha value is -3.37. The summed E-state index contributed by atoms with van der Waals surface area (Å²) in [6.45, 7) is 8.26. The van der Waals surface area contributed by atoms with E-state index < -0.39 is 24.3 Å². The zero-order valence-electron chi connectivity index (χ0n) is 19.2. The zero-order valence-corrected chi connectivity index (χ0v) is 19.2. The quantitative estimate of drug-likeness (QED) is 0.547. The summed E-state index contributed by atoms with van der Waals surface area (Å²) < 4.78 is 24.6. The van der Waals surface area contributed by atoms with Crippen molar-refractivity contribution in [1.29, 1.82) is 0 Å². The zero-order chi connectivity index (χ0) is 23.8. The van der Waals surface area contributed by atoms with Gasteiger partial charge in [-0.25, -0.2) is 9.48 Å². The van der Waals surface area contributed by atoms with Gasteiger partial charge in [-0.1, -0.05) is 29.5 Å². The third-order valence-electron chi connectivity index (χ3n) is 6.00. The van der Waals surface area contributed by atoms with Crippen LogP contribution in [0.3, 0.4) is 0 Å². The number of carboxylic acids is 1. The molecule has 172 valence electrons. The first-order chi connectivity index (χ1) is 15.6. The standard InChI is InChI=1S/C23H26BN3O6/c1-22(2)23(3,4)33-24(32-22)16-8-12-18(13-9-16)31-20-19(21(28)29)25-26-27(20)14-15-6-10-17(30-5)11-7-15/h6-13H,14H2,1-5H3,(H,28,29). The first kappa shape index (κ1) is 22.8. The third-order valence-corrected chi connectivity index (χ3v) is 6.00. The second kappa shape index (κ2) is 8.53. The lowest BCUT2D eigenvalue weighted by Crippen LogP contribution is -2.41. The Bertz CT molecular complexity index is 1130. The van der Waals surface area contributed by atoms with Crippen LogP contribution in [0.25, 0.3) is 0 Å². The van der Waals surface area contributed by atoms with Gasteiger partial charge in [0, 0.05) is 0 Å². The fourth-order valence-electron chi connectivity index (χ4n) is 3.33. The van der Waals surface area contributed by atoms with E-state index in [1.807, 2.05) is 64.1 Å². The van der Waals surface area contributed by atoms with Crippen LogP contribution in [0, 0.1) is 0 Å². The van der Waals surface area contributed by atoms with Crippen molar-refractivity contribution in [3.05, 3.63) is 59.8 Å². The normalized spacial score (nSPS) is 16.6. The number of ether oxygens (including phenoxy) is 2. The molecule has 0 saturated carbocycles. The number of methoxy groups -OCH3 is 1. The highest BCUT2D eigenvalue weighted by Crippen LogP contribution is 2.36. The molecule has 33 heavy (non-hydrogen) atoms. The molecular formula is C23H26BN3O6. The number of carbonyl (C=O) groups is 1. The molecule has 1 aliphatic heterocycles. The van der Waals surface area contributed by atoms with Crippen LogP contribution in [0.5, 0.6) is 17.4 Å². The van der Waals surface area contributed by atoms with E-state index in [1.165, 1.54) is 4.68 Å². The minimum absolute atomic E-state index is 0.0432. The molecule has 9 nitrogen and oxygen atoms in total. The van der Waals surface area contributed by atoms with Crippen LogP contribution in [0.2, 0.25) is 0 Å². The molecule has 0 aliphatic carbocycles. The summed E-state index contributed by atoms with van der Waals surface area (Å²) in [6.07, 6.45) is 0. The molecule has 3 aromatic rings. The highest BCUT2D eigenvalue weighted by atomic mass is 16.7. The molecule has 0 spiro atoms. The van der Waals surface area contributed by atoms with E-state index in [0.29, 0.717) is 5.75 Å². The molecule has 0 atom stereocenters. The average molecular weight is 451 g/mol. The number of hydrogen-bond acceptors (Lipinski definition) is 7. The van der Waals surface area contributed by atoms with Gasteiger partial charge < -0.3 is 23.9 Å². The van der Waals surface area contributed by atoms with E-state index in [9.17, 15) is 9.90 Å². The van der Waals surface area contributed by atoms with Crippen molar-refractivity contribution in [3.63, 3.8) is 0 Å². The van der Waals surface area contributed by atoms with Crippen LogP contribution in [-0.2, 0) is 15.9 Å². The van der Waals surface area contributed by atoms with Crippen LogP contribution in [0.1, 0.15) is 43.7 Å². The summed E-state index contributed by atoms with van der Waals surface area (Å²) in [5.74, 6) is -0.0142. The van der Waals surface area contributed by atoms with E-state index >= 15 is 0 Å². The average Bonchev–Trinajstić information content (AvgIpc) is 3.26. The van der Waals surface area contributed by atoms with E-state index in [2.05, 4.69) is 10.3 Å². The summed E-state index contributed by atoms with van der Waals surface area (Å²) >= 11 is 0. The van der Waals surface area contributed by atoms with Gasteiger partial charge in [-0.2, -0.15) is 0 Å². The fourth-order valence-corrected chi connectivity index (χ4v) is 3.33. The number of carboxylic acid groups (broad SMARTS) is 1. The Balaban J connectivity index is 1.54. The largest absolute Gasteiger partial charge is 0.497 e. The topological polar surface area (TPSA) is 105 Å². The molecule has 0 amide bonds. The number of nitrogens with zero attached hydrogens (tertiary/aromatic N) is 3. The van der Waals surface area contributed by atoms with Gasteiger partial charge in [0.2, 0.25) is 5.69 Å². The van der Waals surface area contributed by atoms with Crippen molar-refractivity contribution >= 4 is 18.6 Å². The predicted octanol–water partition coefficient (Wildman–Crippen LogP) is 3.12. The molecule has 0 radical (unpaired) electrons. The van der Waals surface area contributed by atoms with E-state index in [0.717, 1.165) is 16.8 Å². The lowest BCUT2D eigenvalue weighted by Gasteiger charge is -2.32. The Morgan fingerprint density at radius 1 is 1.00 bits per heavy atom. The van der Waals surface area contributed by atoms with Gasteiger partial charge in [0.05, 0.1) is 24.9 Å². The molecule has 0 bridgehead atoms. The lowest BCUT2D eigenvalue weighted by atomic mass is 9.79. The molecule has 1 N–H and O–H groups in total. The number of rotatable bonds is 7. The molecule has 2 heterocycles. The maximum absolute atomic E-state index is 11.7. The number of hydrogen-bond donors (Lipinski definition) is 1. The van der Waals surface area contributed by atoms with Crippen LogP contribution in [0.4, 0.5) is 0 Å². The Morgan fingerprint density at radius 2 is 1.58 bits per heavy atom. The second-order valence-corrected chi connectivity index (χ2v) is 8.81. The second-order valence-electron chi connectivity index (χ2n) is 8.81. The first-order valence-corrected chi connectivity index (χ1v) is 10.5. The minimum atomic E-state index is -1.22. The van der Waals surface area contributed by atoms with Crippen molar-refractivity contribution in [2.45, 2.75) is 45.4 Å². The summed E-state index contributed by atoms with van der Waals surface area (Å²) in [5, 5.41) is 17.3. The highest BCUT2D eigenvalue weighted by Gasteiger charge is 2.51. The van der Waals surface area contributed by atoms with Crippen LogP contribution < -0.4 is 14.9 Å². The molecule has 1 saturated heterocycles. The lowest BCUT2D eigenvalue weighted by molar-refractivity contribution is 0.00578. The summed E-state index contributed by atoms with van der Waals surface area (Å²) in [7, 11) is 1.09. The van der Waals surface area contributed by atoms with Gasteiger partial charge in [0.25, 0.3) is 5.88 Å². The van der Waals surface area contributed by atoms with Crippen molar-refractivity contribution in [2.75, 3.05) is 7.11 Å². The third kappa shape index (κ3) is 4.58. The van der Waals surface area contributed by atoms with Gasteiger partial charge in [0.15, 0.2) is 0 Å².